The number of hydrogen-bond donors (Lipinski definition) is 3. The lowest BCUT2D eigenvalue weighted by molar-refractivity contribution is -0.151. The van der Waals surface area contributed by atoms with Gasteiger partial charge in [-0.25, -0.2) is 0 Å². The van der Waals surface area contributed by atoms with Crippen LogP contribution in [-0.2, 0) is 14.3 Å². The van der Waals surface area contributed by atoms with Gasteiger partial charge in [0, 0.05) is 6.42 Å². The number of amides is 1. The Bertz CT molecular complexity index is 1160. The molecule has 0 aliphatic heterocycles. The second kappa shape index (κ2) is 55.7. The molecule has 3 atom stereocenters. The number of carbonyl (C=O) groups is 2. The Balaban J connectivity index is 4.58. The van der Waals surface area contributed by atoms with Crippen LogP contribution < -0.4 is 5.32 Å². The minimum Gasteiger partial charge on any atom is -0.462 e. The molecule has 0 aliphatic carbocycles. The normalized spacial score (nSPS) is 13.4. The van der Waals surface area contributed by atoms with Gasteiger partial charge in [0.15, 0.2) is 0 Å². The van der Waals surface area contributed by atoms with Crippen LogP contribution in [0, 0.1) is 0 Å². The Morgan fingerprint density at radius 3 is 1.16 bits per heavy atom. The van der Waals surface area contributed by atoms with E-state index in [0.29, 0.717) is 19.3 Å². The van der Waals surface area contributed by atoms with Gasteiger partial charge >= 0.3 is 5.97 Å². The average molecular weight is 955 g/mol. The van der Waals surface area contributed by atoms with E-state index in [1.807, 2.05) is 0 Å². The summed E-state index contributed by atoms with van der Waals surface area (Å²) in [6.07, 6.45) is 68.9. The summed E-state index contributed by atoms with van der Waals surface area (Å²) in [5.74, 6) is -0.497. The van der Waals surface area contributed by atoms with Gasteiger partial charge < -0.3 is 20.3 Å². The Labute approximate surface area is 423 Å². The van der Waals surface area contributed by atoms with Gasteiger partial charge in [-0.2, -0.15) is 0 Å². The number of aliphatic hydroxyl groups is 2. The number of hydrogen-bond acceptors (Lipinski definition) is 5. The Morgan fingerprint density at radius 2 is 0.750 bits per heavy atom. The molecule has 0 aromatic heterocycles. The quantitative estimate of drug-likeness (QED) is 0.0321. The van der Waals surface area contributed by atoms with Crippen molar-refractivity contribution in [3.05, 3.63) is 48.6 Å². The summed E-state index contributed by atoms with van der Waals surface area (Å²) in [5.41, 5.74) is 0. The summed E-state index contributed by atoms with van der Waals surface area (Å²) in [6.45, 7) is 6.48. The summed E-state index contributed by atoms with van der Waals surface area (Å²) in [4.78, 5) is 26.3. The average Bonchev–Trinajstić information content (AvgIpc) is 3.33. The highest BCUT2D eigenvalue weighted by Crippen LogP contribution is 2.19. The van der Waals surface area contributed by atoms with Gasteiger partial charge in [-0.15, -0.1) is 0 Å². The van der Waals surface area contributed by atoms with Crippen molar-refractivity contribution in [2.75, 3.05) is 6.61 Å². The molecule has 0 saturated heterocycles. The maximum atomic E-state index is 13.3. The maximum Gasteiger partial charge on any atom is 0.306 e. The smallest absolute Gasteiger partial charge is 0.306 e. The lowest BCUT2D eigenvalue weighted by atomic mass is 10.0. The van der Waals surface area contributed by atoms with Gasteiger partial charge in [-0.1, -0.05) is 294 Å². The minimum absolute atomic E-state index is 0.0547. The fourth-order valence-electron chi connectivity index (χ4n) is 9.21. The molecule has 0 aromatic rings. The third-order valence-electron chi connectivity index (χ3n) is 13.8. The van der Waals surface area contributed by atoms with Crippen molar-refractivity contribution < 1.29 is 24.5 Å². The third-order valence-corrected chi connectivity index (χ3v) is 13.8. The van der Waals surface area contributed by atoms with Crippen LogP contribution in [0.2, 0.25) is 0 Å². The van der Waals surface area contributed by atoms with Crippen LogP contribution >= 0.6 is 0 Å². The molecule has 3 unspecified atom stereocenters. The summed E-state index contributed by atoms with van der Waals surface area (Å²) >= 11 is 0. The molecular formula is C62H115NO5. The van der Waals surface area contributed by atoms with Crippen molar-refractivity contribution in [1.29, 1.82) is 0 Å². The highest BCUT2D eigenvalue weighted by atomic mass is 16.5. The van der Waals surface area contributed by atoms with Gasteiger partial charge in [0.1, 0.15) is 6.10 Å². The zero-order valence-corrected chi connectivity index (χ0v) is 45.5. The van der Waals surface area contributed by atoms with Crippen LogP contribution in [0.4, 0.5) is 0 Å². The van der Waals surface area contributed by atoms with E-state index >= 15 is 0 Å². The number of esters is 1. The summed E-state index contributed by atoms with van der Waals surface area (Å²) in [6, 6.07) is -0.714. The highest BCUT2D eigenvalue weighted by Gasteiger charge is 2.24. The number of aliphatic hydroxyl groups excluding tert-OH is 2. The van der Waals surface area contributed by atoms with Crippen molar-refractivity contribution in [3.63, 3.8) is 0 Å². The van der Waals surface area contributed by atoms with E-state index < -0.39 is 18.2 Å². The van der Waals surface area contributed by atoms with E-state index in [4.69, 9.17) is 4.74 Å². The second-order valence-corrected chi connectivity index (χ2v) is 20.5. The number of nitrogens with one attached hydrogen (secondary N) is 1. The van der Waals surface area contributed by atoms with E-state index in [1.54, 1.807) is 0 Å². The molecule has 68 heavy (non-hydrogen) atoms. The fourth-order valence-corrected chi connectivity index (χ4v) is 9.21. The summed E-state index contributed by atoms with van der Waals surface area (Å²) in [5, 5.41) is 23.9. The minimum atomic E-state index is -0.799. The summed E-state index contributed by atoms with van der Waals surface area (Å²) in [7, 11) is 0. The van der Waals surface area contributed by atoms with Crippen LogP contribution in [0.5, 0.6) is 0 Å². The molecule has 0 bridgehead atoms. The number of allylic oxidation sites excluding steroid dienone is 8. The monoisotopic (exact) mass is 954 g/mol. The predicted molar refractivity (Wildman–Crippen MR) is 296 cm³/mol. The summed E-state index contributed by atoms with van der Waals surface area (Å²) < 4.78 is 5.95. The van der Waals surface area contributed by atoms with Crippen molar-refractivity contribution >= 4 is 11.9 Å². The van der Waals surface area contributed by atoms with E-state index in [2.05, 4.69) is 74.7 Å². The number of carbonyl (C=O) groups excluding carboxylic acids is 2. The van der Waals surface area contributed by atoms with Gasteiger partial charge in [0.2, 0.25) is 5.91 Å². The van der Waals surface area contributed by atoms with Crippen molar-refractivity contribution in [3.8, 4) is 0 Å². The molecule has 0 spiro atoms. The molecule has 0 rings (SSSR count). The predicted octanol–water partition coefficient (Wildman–Crippen LogP) is 18.6. The first-order valence-corrected chi connectivity index (χ1v) is 29.9. The van der Waals surface area contributed by atoms with E-state index in [9.17, 15) is 19.8 Å². The van der Waals surface area contributed by atoms with Gasteiger partial charge in [-0.05, 0) is 51.4 Å². The van der Waals surface area contributed by atoms with E-state index in [-0.39, 0.29) is 24.9 Å². The third kappa shape index (κ3) is 50.2. The Hall–Kier alpha value is -2.18. The first kappa shape index (κ1) is 65.8. The van der Waals surface area contributed by atoms with Crippen LogP contribution in [-0.4, -0.2) is 46.9 Å². The van der Waals surface area contributed by atoms with Gasteiger partial charge in [-0.3, -0.25) is 9.59 Å². The van der Waals surface area contributed by atoms with Crippen molar-refractivity contribution in [2.45, 2.75) is 328 Å². The molecule has 6 nitrogen and oxygen atoms in total. The van der Waals surface area contributed by atoms with Crippen molar-refractivity contribution in [2.24, 2.45) is 0 Å². The van der Waals surface area contributed by atoms with Gasteiger partial charge in [0.05, 0.1) is 25.2 Å². The lowest BCUT2D eigenvalue weighted by Crippen LogP contribution is -2.46. The molecule has 6 heteroatoms. The van der Waals surface area contributed by atoms with Crippen LogP contribution in [0.15, 0.2) is 48.6 Å². The Kier molecular flexibility index (Phi) is 54.0. The first-order chi connectivity index (χ1) is 33.5. The highest BCUT2D eigenvalue weighted by molar-refractivity contribution is 5.77. The number of unbranched alkanes of at least 4 members (excludes halogenated alkanes) is 37. The van der Waals surface area contributed by atoms with Crippen LogP contribution in [0.3, 0.4) is 0 Å². The molecular weight excluding hydrogens is 839 g/mol. The SMILES string of the molecule is CCCCC/C=C/C=C/C=C/C=C/CCCCCC(CC(=O)NC(CO)C(O)CCCCCCCCCCCCCCCCCCC)OC(=O)CCCCCCCCCCCCCCCCCC. The molecule has 0 fully saturated rings. The standard InChI is InChI=1S/C62H115NO5/c1-4-7-10-13-16-19-22-25-28-31-33-36-39-42-45-48-51-54-60(65)59(57-64)63-61(66)56-58(53-50-47-44-41-38-35-32-29-26-23-20-17-14-11-8-5-2)68-62(67)55-52-49-46-43-40-37-34-30-27-24-21-18-15-12-9-6-3/h17,20,23,26,29,32,35,38,58-60,64-65H,4-16,18-19,21-22,24-25,27-28,30-31,33-34,36-37,39-57H2,1-3H3,(H,63,66)/b20-17+,26-23+,32-29+,38-35+. The Morgan fingerprint density at radius 1 is 0.426 bits per heavy atom. The molecule has 0 aliphatic rings. The second-order valence-electron chi connectivity index (χ2n) is 20.5. The van der Waals surface area contributed by atoms with E-state index in [0.717, 1.165) is 70.6 Å². The molecule has 1 amide bonds. The maximum absolute atomic E-state index is 13.3. The lowest BCUT2D eigenvalue weighted by Gasteiger charge is -2.24. The molecule has 0 heterocycles. The van der Waals surface area contributed by atoms with Crippen LogP contribution in [0.25, 0.3) is 0 Å². The first-order valence-electron chi connectivity index (χ1n) is 29.9. The molecule has 0 radical (unpaired) electrons. The molecule has 3 N–H and O–H groups in total. The zero-order valence-electron chi connectivity index (χ0n) is 45.5. The van der Waals surface area contributed by atoms with E-state index in [1.165, 1.54) is 193 Å². The van der Waals surface area contributed by atoms with Crippen molar-refractivity contribution in [1.82, 2.24) is 5.32 Å². The molecule has 0 aromatic carbocycles. The number of rotatable bonds is 54. The molecule has 398 valence electrons. The fraction of sp³-hybridized carbons (Fsp3) is 0.839. The topological polar surface area (TPSA) is 95.9 Å². The number of ether oxygens (including phenoxy) is 1. The largest absolute Gasteiger partial charge is 0.462 e. The zero-order chi connectivity index (χ0) is 49.5. The molecule has 0 saturated carbocycles. The van der Waals surface area contributed by atoms with Crippen LogP contribution in [0.1, 0.15) is 310 Å². The van der Waals surface area contributed by atoms with Gasteiger partial charge in [0.25, 0.3) is 0 Å².